The van der Waals surface area contributed by atoms with Crippen LogP contribution in [0.25, 0.3) is 0 Å². The van der Waals surface area contributed by atoms with Gasteiger partial charge in [0.1, 0.15) is 6.04 Å². The van der Waals surface area contributed by atoms with Crippen molar-refractivity contribution in [2.75, 3.05) is 25.4 Å². The van der Waals surface area contributed by atoms with Crippen LogP contribution in [0.5, 0.6) is 0 Å². The summed E-state index contributed by atoms with van der Waals surface area (Å²) in [4.78, 5) is 24.7. The summed E-state index contributed by atoms with van der Waals surface area (Å²) in [7, 11) is 0. The lowest BCUT2D eigenvalue weighted by atomic mass is 10.1. The van der Waals surface area contributed by atoms with Crippen molar-refractivity contribution < 1.29 is 19.8 Å². The normalized spacial score (nSPS) is 11.7. The molecule has 1 aromatic rings. The van der Waals surface area contributed by atoms with E-state index in [2.05, 4.69) is 17.9 Å². The zero-order chi connectivity index (χ0) is 16.4. The van der Waals surface area contributed by atoms with E-state index in [1.807, 2.05) is 30.3 Å². The Balaban J connectivity index is 2.60. The maximum Gasteiger partial charge on any atom is 0.326 e. The fourth-order valence-electron chi connectivity index (χ4n) is 1.97. The van der Waals surface area contributed by atoms with Gasteiger partial charge in [0.15, 0.2) is 0 Å². The van der Waals surface area contributed by atoms with Crippen LogP contribution in [-0.4, -0.2) is 58.6 Å². The molecule has 0 aliphatic heterocycles. The summed E-state index contributed by atoms with van der Waals surface area (Å²) in [6.45, 7) is 0.600. The number of carboxylic acids is 1. The smallest absolute Gasteiger partial charge is 0.326 e. The number of carbonyl (C=O) groups excluding carboxylic acids is 1. The van der Waals surface area contributed by atoms with Gasteiger partial charge in [-0.1, -0.05) is 30.3 Å². The predicted molar refractivity (Wildman–Crippen MR) is 87.2 cm³/mol. The van der Waals surface area contributed by atoms with E-state index in [9.17, 15) is 9.59 Å². The average molecular weight is 326 g/mol. The number of thiol groups is 1. The molecule has 0 aromatic heterocycles. The lowest BCUT2D eigenvalue weighted by molar-refractivity contribution is -0.139. The molecule has 0 aliphatic carbocycles. The monoisotopic (exact) mass is 326 g/mol. The minimum atomic E-state index is -1.16. The van der Waals surface area contributed by atoms with Crippen molar-refractivity contribution in [2.45, 2.75) is 18.9 Å². The van der Waals surface area contributed by atoms with Gasteiger partial charge in [-0.05, 0) is 12.0 Å². The number of carboxylic acid groups (broad SMARTS) is 1. The molecule has 0 bridgehead atoms. The van der Waals surface area contributed by atoms with Crippen LogP contribution in [0.1, 0.15) is 12.0 Å². The number of benzene rings is 1. The third kappa shape index (κ3) is 6.36. The number of carbonyl (C=O) groups is 2. The topological polar surface area (TPSA) is 89.9 Å². The number of rotatable bonds is 9. The number of hydrogen-bond acceptors (Lipinski definition) is 4. The van der Waals surface area contributed by atoms with E-state index in [1.165, 1.54) is 4.90 Å². The molecule has 1 unspecified atom stereocenters. The summed E-state index contributed by atoms with van der Waals surface area (Å²) in [5, 5.41) is 20.3. The number of aliphatic hydroxyl groups is 1. The molecule has 2 amide bonds. The highest BCUT2D eigenvalue weighted by atomic mass is 32.1. The van der Waals surface area contributed by atoms with Crippen LogP contribution in [0, 0.1) is 0 Å². The van der Waals surface area contributed by atoms with Crippen LogP contribution >= 0.6 is 12.6 Å². The second-order valence-electron chi connectivity index (χ2n) is 4.80. The SMILES string of the molecule is O=C(O)C(CCO)NC(=O)N(CCS)CCc1ccccc1. The molecule has 6 nitrogen and oxygen atoms in total. The molecular formula is C15H22N2O4S. The van der Waals surface area contributed by atoms with Crippen LogP contribution < -0.4 is 5.32 Å². The average Bonchev–Trinajstić information content (AvgIpc) is 2.51. The minimum absolute atomic E-state index is 0.0194. The first kappa shape index (κ1) is 18.3. The molecule has 1 atom stereocenters. The van der Waals surface area contributed by atoms with Crippen LogP contribution in [0.3, 0.4) is 0 Å². The second kappa shape index (κ2) is 10.1. The van der Waals surface area contributed by atoms with Gasteiger partial charge in [-0.15, -0.1) is 0 Å². The van der Waals surface area contributed by atoms with Gasteiger partial charge in [0.05, 0.1) is 0 Å². The number of urea groups is 1. The molecule has 122 valence electrons. The highest BCUT2D eigenvalue weighted by Crippen LogP contribution is 2.03. The Morgan fingerprint density at radius 2 is 1.91 bits per heavy atom. The van der Waals surface area contributed by atoms with Crippen LogP contribution in [0.15, 0.2) is 30.3 Å². The van der Waals surface area contributed by atoms with Crippen LogP contribution in [0.4, 0.5) is 4.79 Å². The van der Waals surface area contributed by atoms with Crippen molar-refractivity contribution in [3.05, 3.63) is 35.9 Å². The number of nitrogens with zero attached hydrogens (tertiary/aromatic N) is 1. The highest BCUT2D eigenvalue weighted by molar-refractivity contribution is 7.80. The zero-order valence-electron chi connectivity index (χ0n) is 12.3. The third-order valence-corrected chi connectivity index (χ3v) is 3.38. The van der Waals surface area contributed by atoms with E-state index in [1.54, 1.807) is 0 Å². The van der Waals surface area contributed by atoms with Gasteiger partial charge >= 0.3 is 12.0 Å². The van der Waals surface area contributed by atoms with Gasteiger partial charge in [0, 0.05) is 31.9 Å². The van der Waals surface area contributed by atoms with Crippen molar-refractivity contribution in [3.8, 4) is 0 Å². The second-order valence-corrected chi connectivity index (χ2v) is 5.25. The number of nitrogens with one attached hydrogen (secondary N) is 1. The molecule has 1 aromatic carbocycles. The van der Waals surface area contributed by atoms with Crippen LogP contribution in [0.2, 0.25) is 0 Å². The van der Waals surface area contributed by atoms with Crippen molar-refractivity contribution in [1.82, 2.24) is 10.2 Å². The van der Waals surface area contributed by atoms with Crippen LogP contribution in [-0.2, 0) is 11.2 Å². The lowest BCUT2D eigenvalue weighted by Crippen LogP contribution is -2.49. The zero-order valence-corrected chi connectivity index (χ0v) is 13.2. The maximum atomic E-state index is 12.2. The molecule has 0 radical (unpaired) electrons. The lowest BCUT2D eigenvalue weighted by Gasteiger charge is -2.24. The van der Waals surface area contributed by atoms with E-state index in [0.29, 0.717) is 25.3 Å². The van der Waals surface area contributed by atoms with Crippen molar-refractivity contribution in [1.29, 1.82) is 0 Å². The Kier molecular flexibility index (Phi) is 8.39. The molecule has 0 saturated carbocycles. The standard InChI is InChI=1S/C15H22N2O4S/c18-10-7-13(14(19)20)16-15(21)17(9-11-22)8-6-12-4-2-1-3-5-12/h1-5,13,18,22H,6-11H2,(H,16,21)(H,19,20). The fourth-order valence-corrected chi connectivity index (χ4v) is 2.21. The van der Waals surface area contributed by atoms with Crippen molar-refractivity contribution in [3.63, 3.8) is 0 Å². The summed E-state index contributed by atoms with van der Waals surface area (Å²) in [6.07, 6.45) is 0.661. The van der Waals surface area contributed by atoms with Gasteiger partial charge in [-0.2, -0.15) is 12.6 Å². The third-order valence-electron chi connectivity index (χ3n) is 3.18. The Labute approximate surface area is 135 Å². The number of amides is 2. The summed E-state index contributed by atoms with van der Waals surface area (Å²) in [5.41, 5.74) is 1.10. The highest BCUT2D eigenvalue weighted by Gasteiger charge is 2.22. The molecule has 22 heavy (non-hydrogen) atoms. The van der Waals surface area contributed by atoms with Gasteiger partial charge in [-0.25, -0.2) is 9.59 Å². The number of hydrogen-bond donors (Lipinski definition) is 4. The quantitative estimate of drug-likeness (QED) is 0.510. The Hall–Kier alpha value is -1.73. The summed E-state index contributed by atoms with van der Waals surface area (Å²) in [5.74, 6) is -0.670. The summed E-state index contributed by atoms with van der Waals surface area (Å²) >= 11 is 4.13. The first-order valence-corrected chi connectivity index (χ1v) is 7.75. The molecule has 0 fully saturated rings. The Bertz CT molecular complexity index is 470. The molecule has 1 rings (SSSR count). The predicted octanol–water partition coefficient (Wildman–Crippen LogP) is 1.01. The van der Waals surface area contributed by atoms with Gasteiger partial charge in [0.25, 0.3) is 0 Å². The molecular weight excluding hydrogens is 304 g/mol. The van der Waals surface area contributed by atoms with Gasteiger partial charge in [0.2, 0.25) is 0 Å². The van der Waals surface area contributed by atoms with Crippen molar-refractivity contribution >= 4 is 24.6 Å². The van der Waals surface area contributed by atoms with Gasteiger partial charge in [-0.3, -0.25) is 0 Å². The minimum Gasteiger partial charge on any atom is -0.480 e. The van der Waals surface area contributed by atoms with E-state index in [4.69, 9.17) is 10.2 Å². The van der Waals surface area contributed by atoms with Gasteiger partial charge < -0.3 is 20.4 Å². The molecule has 7 heteroatoms. The first-order valence-electron chi connectivity index (χ1n) is 7.12. The molecule has 0 heterocycles. The summed E-state index contributed by atoms with van der Waals surface area (Å²) < 4.78 is 0. The fraction of sp³-hybridized carbons (Fsp3) is 0.467. The van der Waals surface area contributed by atoms with E-state index in [-0.39, 0.29) is 13.0 Å². The van der Waals surface area contributed by atoms with E-state index in [0.717, 1.165) is 5.56 Å². The maximum absolute atomic E-state index is 12.2. The molecule has 3 N–H and O–H groups in total. The Morgan fingerprint density at radius 3 is 2.45 bits per heavy atom. The molecule has 0 spiro atoms. The largest absolute Gasteiger partial charge is 0.480 e. The van der Waals surface area contributed by atoms with E-state index >= 15 is 0 Å². The molecule has 0 aliphatic rings. The Morgan fingerprint density at radius 1 is 1.23 bits per heavy atom. The molecule has 0 saturated heterocycles. The number of aliphatic carboxylic acids is 1. The first-order chi connectivity index (χ1) is 10.6. The van der Waals surface area contributed by atoms with E-state index < -0.39 is 18.0 Å². The summed E-state index contributed by atoms with van der Waals surface area (Å²) in [6, 6.07) is 8.20. The van der Waals surface area contributed by atoms with Crippen molar-refractivity contribution in [2.24, 2.45) is 0 Å². The number of aliphatic hydroxyl groups excluding tert-OH is 1.